The van der Waals surface area contributed by atoms with Crippen molar-refractivity contribution in [1.82, 2.24) is 9.97 Å². The first-order valence-electron chi connectivity index (χ1n) is 5.33. The van der Waals surface area contributed by atoms with Gasteiger partial charge in [-0.25, -0.2) is 9.97 Å². The molecule has 0 aliphatic rings. The van der Waals surface area contributed by atoms with Gasteiger partial charge in [0, 0.05) is 0 Å². The van der Waals surface area contributed by atoms with Crippen molar-refractivity contribution >= 4 is 34.3 Å². The van der Waals surface area contributed by atoms with Crippen LogP contribution in [0, 0.1) is 6.92 Å². The minimum Gasteiger partial charge on any atom is -0.435 e. The number of benzene rings is 1. The SMILES string of the molecule is Cc1ccc2oc(-c3nc(Cl)ccc3Cl)nc2c1. The van der Waals surface area contributed by atoms with Gasteiger partial charge < -0.3 is 4.42 Å². The van der Waals surface area contributed by atoms with Crippen molar-refractivity contribution in [3.63, 3.8) is 0 Å². The van der Waals surface area contributed by atoms with Gasteiger partial charge in [0.05, 0.1) is 5.02 Å². The zero-order valence-corrected chi connectivity index (χ0v) is 11.0. The van der Waals surface area contributed by atoms with Gasteiger partial charge >= 0.3 is 0 Å². The van der Waals surface area contributed by atoms with Crippen LogP contribution in [0.5, 0.6) is 0 Å². The third kappa shape index (κ3) is 1.96. The quantitative estimate of drug-likeness (QED) is 0.615. The molecule has 2 aromatic heterocycles. The van der Waals surface area contributed by atoms with E-state index >= 15 is 0 Å². The van der Waals surface area contributed by atoms with E-state index in [-0.39, 0.29) is 0 Å². The Labute approximate surface area is 113 Å². The molecule has 1 aromatic carbocycles. The van der Waals surface area contributed by atoms with E-state index in [9.17, 15) is 0 Å². The lowest BCUT2D eigenvalue weighted by Crippen LogP contribution is -1.85. The second-order valence-corrected chi connectivity index (χ2v) is 4.75. The van der Waals surface area contributed by atoms with E-state index < -0.39 is 0 Å². The maximum Gasteiger partial charge on any atom is 0.247 e. The molecule has 0 bridgehead atoms. The van der Waals surface area contributed by atoms with E-state index in [1.165, 1.54) is 0 Å². The molecule has 0 spiro atoms. The molecule has 0 fully saturated rings. The molecule has 0 aliphatic carbocycles. The van der Waals surface area contributed by atoms with Crippen molar-refractivity contribution < 1.29 is 4.42 Å². The maximum atomic E-state index is 6.07. The lowest BCUT2D eigenvalue weighted by molar-refractivity contribution is 0.617. The van der Waals surface area contributed by atoms with Crippen LogP contribution < -0.4 is 0 Å². The number of pyridine rings is 1. The molecule has 0 saturated carbocycles. The number of hydrogen-bond donors (Lipinski definition) is 0. The molecule has 0 unspecified atom stereocenters. The van der Waals surface area contributed by atoms with E-state index in [0.717, 1.165) is 11.1 Å². The van der Waals surface area contributed by atoms with Gasteiger partial charge in [-0.05, 0) is 36.8 Å². The topological polar surface area (TPSA) is 38.9 Å². The summed E-state index contributed by atoms with van der Waals surface area (Å²) in [6.45, 7) is 2.00. The Morgan fingerprint density at radius 2 is 1.89 bits per heavy atom. The molecule has 0 N–H and O–H groups in total. The molecule has 0 radical (unpaired) electrons. The van der Waals surface area contributed by atoms with Crippen molar-refractivity contribution in [2.75, 3.05) is 0 Å². The van der Waals surface area contributed by atoms with Crippen LogP contribution in [-0.4, -0.2) is 9.97 Å². The molecule has 5 heteroatoms. The summed E-state index contributed by atoms with van der Waals surface area (Å²) in [5.41, 5.74) is 3.06. The summed E-state index contributed by atoms with van der Waals surface area (Å²) in [7, 11) is 0. The second kappa shape index (κ2) is 4.26. The summed E-state index contributed by atoms with van der Waals surface area (Å²) < 4.78 is 5.63. The maximum absolute atomic E-state index is 6.07. The first-order valence-corrected chi connectivity index (χ1v) is 6.09. The monoisotopic (exact) mass is 278 g/mol. The molecular weight excluding hydrogens is 271 g/mol. The van der Waals surface area contributed by atoms with E-state index in [4.69, 9.17) is 27.6 Å². The Hall–Kier alpha value is -1.58. The van der Waals surface area contributed by atoms with Gasteiger partial charge in [0.2, 0.25) is 5.89 Å². The number of oxazole rings is 1. The average Bonchev–Trinajstić information content (AvgIpc) is 2.74. The fraction of sp³-hybridized carbons (Fsp3) is 0.0769. The smallest absolute Gasteiger partial charge is 0.247 e. The largest absolute Gasteiger partial charge is 0.435 e. The Kier molecular flexibility index (Phi) is 2.73. The fourth-order valence-corrected chi connectivity index (χ4v) is 2.04. The molecule has 0 atom stereocenters. The summed E-state index contributed by atoms with van der Waals surface area (Å²) in [6, 6.07) is 9.08. The minimum absolute atomic E-state index is 0.354. The standard InChI is InChI=1S/C13H8Cl2N2O/c1-7-2-4-10-9(6-7)16-13(18-10)12-8(14)3-5-11(15)17-12/h2-6H,1H3. The summed E-state index contributed by atoms with van der Waals surface area (Å²) in [6.07, 6.45) is 0. The molecule has 90 valence electrons. The van der Waals surface area contributed by atoms with Gasteiger partial charge in [0.15, 0.2) is 5.58 Å². The Morgan fingerprint density at radius 3 is 2.72 bits per heavy atom. The van der Waals surface area contributed by atoms with Gasteiger partial charge in [0.1, 0.15) is 16.4 Å². The third-order valence-electron chi connectivity index (χ3n) is 2.56. The third-order valence-corrected chi connectivity index (χ3v) is 3.07. The highest BCUT2D eigenvalue weighted by molar-refractivity contribution is 6.34. The molecule has 0 amide bonds. The number of aromatic nitrogens is 2. The van der Waals surface area contributed by atoms with Gasteiger partial charge in [-0.15, -0.1) is 0 Å². The van der Waals surface area contributed by atoms with Crippen LogP contribution >= 0.6 is 23.2 Å². The van der Waals surface area contributed by atoms with E-state index in [1.807, 2.05) is 25.1 Å². The Balaban J connectivity index is 2.22. The first-order chi connectivity index (χ1) is 8.63. The Bertz CT molecular complexity index is 737. The van der Waals surface area contributed by atoms with Crippen molar-refractivity contribution in [2.24, 2.45) is 0 Å². The highest BCUT2D eigenvalue weighted by atomic mass is 35.5. The summed E-state index contributed by atoms with van der Waals surface area (Å²) in [5, 5.41) is 0.815. The number of hydrogen-bond acceptors (Lipinski definition) is 3. The molecule has 3 nitrogen and oxygen atoms in total. The number of rotatable bonds is 1. The van der Waals surface area contributed by atoms with Crippen LogP contribution in [0.3, 0.4) is 0 Å². The zero-order chi connectivity index (χ0) is 12.7. The molecule has 2 heterocycles. The minimum atomic E-state index is 0.354. The second-order valence-electron chi connectivity index (χ2n) is 3.95. The molecule has 0 saturated heterocycles. The average molecular weight is 279 g/mol. The van der Waals surface area contributed by atoms with E-state index in [2.05, 4.69) is 9.97 Å². The summed E-state index contributed by atoms with van der Waals surface area (Å²) in [5.74, 6) is 0.378. The van der Waals surface area contributed by atoms with Crippen LogP contribution in [0.15, 0.2) is 34.7 Å². The van der Waals surface area contributed by atoms with E-state index in [0.29, 0.717) is 27.3 Å². The number of fused-ring (bicyclic) bond motifs is 1. The summed E-state index contributed by atoms with van der Waals surface area (Å²) in [4.78, 5) is 8.51. The van der Waals surface area contributed by atoms with Crippen LogP contribution in [0.25, 0.3) is 22.7 Å². The predicted octanol–water partition coefficient (Wildman–Crippen LogP) is 4.51. The highest BCUT2D eigenvalue weighted by Gasteiger charge is 2.13. The van der Waals surface area contributed by atoms with Gasteiger partial charge in [-0.1, -0.05) is 29.3 Å². The lowest BCUT2D eigenvalue weighted by atomic mass is 10.2. The predicted molar refractivity (Wildman–Crippen MR) is 72.0 cm³/mol. The van der Waals surface area contributed by atoms with Gasteiger partial charge in [-0.2, -0.15) is 0 Å². The highest BCUT2D eigenvalue weighted by Crippen LogP contribution is 2.29. The molecule has 3 rings (SSSR count). The van der Waals surface area contributed by atoms with Crippen LogP contribution in [0.1, 0.15) is 5.56 Å². The number of aryl methyl sites for hydroxylation is 1. The first kappa shape index (κ1) is 11.5. The lowest BCUT2D eigenvalue weighted by Gasteiger charge is -1.98. The van der Waals surface area contributed by atoms with Crippen molar-refractivity contribution in [3.8, 4) is 11.6 Å². The van der Waals surface area contributed by atoms with Gasteiger partial charge in [0.25, 0.3) is 0 Å². The normalized spacial score (nSPS) is 11.1. The van der Waals surface area contributed by atoms with Gasteiger partial charge in [-0.3, -0.25) is 0 Å². The number of nitrogens with zero attached hydrogens (tertiary/aromatic N) is 2. The summed E-state index contributed by atoms with van der Waals surface area (Å²) >= 11 is 11.9. The van der Waals surface area contributed by atoms with E-state index in [1.54, 1.807) is 12.1 Å². The number of halogens is 2. The van der Waals surface area contributed by atoms with Crippen LogP contribution in [0.2, 0.25) is 10.2 Å². The van der Waals surface area contributed by atoms with Crippen molar-refractivity contribution in [1.29, 1.82) is 0 Å². The zero-order valence-electron chi connectivity index (χ0n) is 9.45. The molecule has 3 aromatic rings. The van der Waals surface area contributed by atoms with Crippen molar-refractivity contribution in [2.45, 2.75) is 6.92 Å². The molecular formula is C13H8Cl2N2O. The molecule has 18 heavy (non-hydrogen) atoms. The van der Waals surface area contributed by atoms with Crippen LogP contribution in [0.4, 0.5) is 0 Å². The van der Waals surface area contributed by atoms with Crippen molar-refractivity contribution in [3.05, 3.63) is 46.1 Å². The fourth-order valence-electron chi connectivity index (χ4n) is 1.71. The molecule has 0 aliphatic heterocycles. The Morgan fingerprint density at radius 1 is 1.06 bits per heavy atom. The van der Waals surface area contributed by atoms with Crippen LogP contribution in [-0.2, 0) is 0 Å².